The zero-order chi connectivity index (χ0) is 20.3. The Balaban J connectivity index is 2.36. The maximum Gasteiger partial charge on any atom is 0.175 e. The van der Waals surface area contributed by atoms with Crippen LogP contribution in [-0.4, -0.2) is 26.8 Å². The maximum atomic E-state index is 12.2. The molecule has 0 atom stereocenters. The number of pyridine rings is 1. The molecule has 1 aromatic heterocycles. The van der Waals surface area contributed by atoms with Gasteiger partial charge < -0.3 is 4.74 Å². The summed E-state index contributed by atoms with van der Waals surface area (Å²) in [5, 5.41) is 9.23. The summed E-state index contributed by atoms with van der Waals surface area (Å²) in [6.45, 7) is 2.08. The van der Waals surface area contributed by atoms with Crippen molar-refractivity contribution in [2.45, 2.75) is 18.2 Å². The van der Waals surface area contributed by atoms with Crippen LogP contribution in [0.25, 0.3) is 22.3 Å². The van der Waals surface area contributed by atoms with Crippen LogP contribution in [0.2, 0.25) is 0 Å². The molecule has 0 radical (unpaired) electrons. The Morgan fingerprint density at radius 1 is 1.07 bits per heavy atom. The summed E-state index contributed by atoms with van der Waals surface area (Å²) in [6.07, 6.45) is 5.20. The van der Waals surface area contributed by atoms with Crippen LogP contribution in [-0.2, 0) is 16.3 Å². The van der Waals surface area contributed by atoms with Crippen molar-refractivity contribution >= 4 is 9.84 Å². The molecule has 6 heteroatoms. The Morgan fingerprint density at radius 3 is 2.36 bits per heavy atom. The van der Waals surface area contributed by atoms with E-state index in [2.05, 4.69) is 18.0 Å². The van der Waals surface area contributed by atoms with Crippen molar-refractivity contribution < 1.29 is 13.2 Å². The smallest absolute Gasteiger partial charge is 0.175 e. The number of rotatable bonds is 5. The van der Waals surface area contributed by atoms with Crippen LogP contribution in [0.4, 0.5) is 0 Å². The van der Waals surface area contributed by atoms with Crippen molar-refractivity contribution in [3.63, 3.8) is 0 Å². The molecule has 0 saturated heterocycles. The zero-order valence-corrected chi connectivity index (χ0v) is 16.7. The number of nitrogens with zero attached hydrogens (tertiary/aromatic N) is 2. The quantitative estimate of drug-likeness (QED) is 0.648. The predicted molar refractivity (Wildman–Crippen MR) is 109 cm³/mol. The molecular formula is C22H20N2O3S. The summed E-state index contributed by atoms with van der Waals surface area (Å²) >= 11 is 0. The predicted octanol–water partition coefficient (Wildman–Crippen LogP) is 4.26. The number of ether oxygens (including phenoxy) is 1. The standard InChI is InChI=1S/C22H20N2O3S/c1-4-15-5-7-17(8-6-15)20-10-19(28(3,25)26)11-21(27-2)22(20)18-9-16(12-23)13-24-14-18/h5-11,13-14H,4H2,1-3H3. The summed E-state index contributed by atoms with van der Waals surface area (Å²) in [4.78, 5) is 4.32. The first-order chi connectivity index (χ1) is 13.4. The average molecular weight is 392 g/mol. The van der Waals surface area contributed by atoms with Gasteiger partial charge in [0.2, 0.25) is 0 Å². The van der Waals surface area contributed by atoms with Crippen LogP contribution in [0.5, 0.6) is 5.75 Å². The van der Waals surface area contributed by atoms with Crippen molar-refractivity contribution in [1.82, 2.24) is 4.98 Å². The Hall–Kier alpha value is -3.17. The highest BCUT2D eigenvalue weighted by Gasteiger charge is 2.20. The fourth-order valence-electron chi connectivity index (χ4n) is 3.05. The molecule has 0 saturated carbocycles. The van der Waals surface area contributed by atoms with Crippen LogP contribution in [0.1, 0.15) is 18.1 Å². The van der Waals surface area contributed by atoms with Gasteiger partial charge in [0.25, 0.3) is 0 Å². The molecule has 0 aliphatic rings. The van der Waals surface area contributed by atoms with Crippen LogP contribution in [0.15, 0.2) is 59.8 Å². The van der Waals surface area contributed by atoms with Gasteiger partial charge in [-0.1, -0.05) is 31.2 Å². The molecule has 2 aromatic carbocycles. The Labute approximate surface area is 165 Å². The molecule has 0 spiro atoms. The molecular weight excluding hydrogens is 372 g/mol. The summed E-state index contributed by atoms with van der Waals surface area (Å²) in [6, 6.07) is 14.9. The van der Waals surface area contributed by atoms with Crippen molar-refractivity contribution in [2.75, 3.05) is 13.4 Å². The van der Waals surface area contributed by atoms with E-state index in [4.69, 9.17) is 4.74 Å². The highest BCUT2D eigenvalue weighted by molar-refractivity contribution is 7.90. The first kappa shape index (κ1) is 19.6. The van der Waals surface area contributed by atoms with Crippen molar-refractivity contribution in [3.8, 4) is 34.1 Å². The molecule has 5 nitrogen and oxygen atoms in total. The minimum Gasteiger partial charge on any atom is -0.496 e. The van der Waals surface area contributed by atoms with Crippen molar-refractivity contribution in [2.24, 2.45) is 0 Å². The fourth-order valence-corrected chi connectivity index (χ4v) is 3.70. The van der Waals surface area contributed by atoms with Gasteiger partial charge in [0, 0.05) is 29.8 Å². The Morgan fingerprint density at radius 2 is 1.79 bits per heavy atom. The number of aromatic nitrogens is 1. The number of aryl methyl sites for hydroxylation is 1. The molecule has 0 amide bonds. The SMILES string of the molecule is CCc1ccc(-c2cc(S(C)(=O)=O)cc(OC)c2-c2cncc(C#N)c2)cc1. The largest absolute Gasteiger partial charge is 0.496 e. The van der Waals surface area contributed by atoms with E-state index in [0.717, 1.165) is 12.0 Å². The molecule has 28 heavy (non-hydrogen) atoms. The molecule has 0 aliphatic heterocycles. The molecule has 1 heterocycles. The van der Waals surface area contributed by atoms with E-state index >= 15 is 0 Å². The number of hydrogen-bond donors (Lipinski definition) is 0. The number of hydrogen-bond acceptors (Lipinski definition) is 5. The average Bonchev–Trinajstić information content (AvgIpc) is 2.72. The van der Waals surface area contributed by atoms with E-state index in [1.54, 1.807) is 18.3 Å². The van der Waals surface area contributed by atoms with Crippen molar-refractivity contribution in [3.05, 3.63) is 66.0 Å². The van der Waals surface area contributed by atoms with Gasteiger partial charge in [0.05, 0.1) is 17.6 Å². The zero-order valence-electron chi connectivity index (χ0n) is 15.9. The second-order valence-electron chi connectivity index (χ2n) is 6.44. The minimum atomic E-state index is -3.44. The van der Waals surface area contributed by atoms with Crippen molar-refractivity contribution in [1.29, 1.82) is 5.26 Å². The number of sulfone groups is 1. The third-order valence-corrected chi connectivity index (χ3v) is 5.64. The van der Waals surface area contributed by atoms with E-state index in [-0.39, 0.29) is 4.90 Å². The lowest BCUT2D eigenvalue weighted by Crippen LogP contribution is -2.01. The Bertz CT molecular complexity index is 1160. The van der Waals surface area contributed by atoms with Gasteiger partial charge >= 0.3 is 0 Å². The molecule has 0 fully saturated rings. The van der Waals surface area contributed by atoms with Gasteiger partial charge in [-0.3, -0.25) is 4.98 Å². The van der Waals surface area contributed by atoms with Crippen LogP contribution in [0.3, 0.4) is 0 Å². The van der Waals surface area contributed by atoms with E-state index in [1.807, 2.05) is 24.3 Å². The van der Waals surface area contributed by atoms with Gasteiger partial charge in [-0.15, -0.1) is 0 Å². The molecule has 0 N–H and O–H groups in total. The van der Waals surface area contributed by atoms with Crippen LogP contribution < -0.4 is 4.74 Å². The van der Waals surface area contributed by atoms with Gasteiger partial charge in [-0.2, -0.15) is 5.26 Å². The molecule has 3 rings (SSSR count). The summed E-state index contributed by atoms with van der Waals surface area (Å²) in [5.74, 6) is 0.411. The van der Waals surface area contributed by atoms with E-state index in [0.29, 0.717) is 28.0 Å². The molecule has 0 aliphatic carbocycles. The summed E-state index contributed by atoms with van der Waals surface area (Å²) < 4.78 is 30.0. The Kier molecular flexibility index (Phi) is 5.48. The molecule has 142 valence electrons. The van der Waals surface area contributed by atoms with Gasteiger partial charge in [-0.25, -0.2) is 8.42 Å². The van der Waals surface area contributed by atoms with E-state index in [9.17, 15) is 13.7 Å². The third kappa shape index (κ3) is 3.90. The molecule has 0 bridgehead atoms. The maximum absolute atomic E-state index is 12.2. The van der Waals surface area contributed by atoms with Gasteiger partial charge in [-0.05, 0) is 41.3 Å². The number of methoxy groups -OCH3 is 1. The topological polar surface area (TPSA) is 80.1 Å². The second-order valence-corrected chi connectivity index (χ2v) is 8.46. The van der Waals surface area contributed by atoms with Gasteiger partial charge in [0.1, 0.15) is 11.8 Å². The third-order valence-electron chi connectivity index (χ3n) is 4.55. The summed E-state index contributed by atoms with van der Waals surface area (Å²) in [7, 11) is -1.94. The van der Waals surface area contributed by atoms with Gasteiger partial charge in [0.15, 0.2) is 9.84 Å². The lowest BCUT2D eigenvalue weighted by molar-refractivity contribution is 0.415. The normalized spacial score (nSPS) is 11.1. The lowest BCUT2D eigenvalue weighted by Gasteiger charge is -2.17. The molecule has 0 unspecified atom stereocenters. The molecule has 3 aromatic rings. The fraction of sp³-hybridized carbons (Fsp3) is 0.182. The van der Waals surface area contributed by atoms with E-state index < -0.39 is 9.84 Å². The lowest BCUT2D eigenvalue weighted by atomic mass is 9.93. The highest BCUT2D eigenvalue weighted by atomic mass is 32.2. The minimum absolute atomic E-state index is 0.173. The number of benzene rings is 2. The first-order valence-electron chi connectivity index (χ1n) is 8.74. The van der Waals surface area contributed by atoms with Crippen LogP contribution in [0, 0.1) is 11.3 Å². The number of nitriles is 1. The first-order valence-corrected chi connectivity index (χ1v) is 10.6. The highest BCUT2D eigenvalue weighted by Crippen LogP contribution is 2.41. The monoisotopic (exact) mass is 392 g/mol. The summed E-state index contributed by atoms with van der Waals surface area (Å²) in [5.41, 5.74) is 4.55. The van der Waals surface area contributed by atoms with Crippen LogP contribution >= 0.6 is 0 Å². The van der Waals surface area contributed by atoms with E-state index in [1.165, 1.54) is 31.2 Å². The second kappa shape index (κ2) is 7.83.